The molecule has 0 aliphatic heterocycles. The van der Waals surface area contributed by atoms with Crippen LogP contribution in [0.4, 0.5) is 0 Å². The van der Waals surface area contributed by atoms with Crippen LogP contribution in [0.25, 0.3) is 53.5 Å². The molecule has 4 nitrogen and oxygen atoms in total. The molecule has 0 spiro atoms. The van der Waals surface area contributed by atoms with Crippen LogP contribution in [0.3, 0.4) is 0 Å². The summed E-state index contributed by atoms with van der Waals surface area (Å²) in [5.41, 5.74) is 7.19. The Hall–Kier alpha value is -3.92. The standard InChI is InChI=1S/C41H37N3OS.Pt/c1-25-36-34-17-15-27-20-26(24-40(2,3)4)14-16-33(27)38(34)46-39(36)37(44-43-25)29-11-9-13-32(22-29)45-31-12-8-10-28(21-31)35-23-30(18-19-42-35)41(5,6)7;/h8-20,23H,24H2,1-7H3;/q-2;+2. The van der Waals surface area contributed by atoms with Crippen LogP contribution in [0.5, 0.6) is 11.5 Å². The maximum Gasteiger partial charge on any atom is 2.00 e. The monoisotopic (exact) mass is 814 g/mol. The van der Waals surface area contributed by atoms with Crippen molar-refractivity contribution in [2.24, 2.45) is 5.41 Å². The van der Waals surface area contributed by atoms with Crippen LogP contribution in [-0.2, 0) is 32.9 Å². The number of benzene rings is 4. The van der Waals surface area contributed by atoms with Crippen LogP contribution < -0.4 is 4.74 Å². The van der Waals surface area contributed by atoms with E-state index in [2.05, 4.69) is 106 Å². The Kier molecular flexibility index (Phi) is 8.84. The van der Waals surface area contributed by atoms with Crippen molar-refractivity contribution >= 4 is 42.3 Å². The fraction of sp³-hybridized carbons (Fsp3) is 0.244. The first-order chi connectivity index (χ1) is 21.9. The maximum absolute atomic E-state index is 6.31. The zero-order valence-electron chi connectivity index (χ0n) is 27.8. The Morgan fingerprint density at radius 3 is 2.17 bits per heavy atom. The number of ether oxygens (including phenoxy) is 1. The van der Waals surface area contributed by atoms with Gasteiger partial charge in [-0.3, -0.25) is 0 Å². The SMILES string of the molecule is Cc1nnc(-c2[c-]c(Oc3[c-]c(-c4cc(C(C)(C)C)ccn4)ccc3)ccc2)c2sc3c4ccc(CC(C)(C)C)cc4ccc3c12.[Pt+2]. The van der Waals surface area contributed by atoms with E-state index in [9.17, 15) is 0 Å². The number of pyridine rings is 1. The Bertz CT molecular complexity index is 2260. The molecule has 0 fully saturated rings. The Balaban J connectivity index is 0.00000386. The number of hydrogen-bond acceptors (Lipinski definition) is 5. The molecule has 0 unspecified atom stereocenters. The Labute approximate surface area is 295 Å². The molecule has 7 aromatic rings. The summed E-state index contributed by atoms with van der Waals surface area (Å²) in [4.78, 5) is 4.61. The molecule has 4 aromatic carbocycles. The van der Waals surface area contributed by atoms with Crippen molar-refractivity contribution in [3.05, 3.63) is 114 Å². The molecule has 6 heteroatoms. The third-order valence-electron chi connectivity index (χ3n) is 8.26. The van der Waals surface area contributed by atoms with Crippen LogP contribution in [0.2, 0.25) is 0 Å². The van der Waals surface area contributed by atoms with E-state index >= 15 is 0 Å². The average Bonchev–Trinajstić information content (AvgIpc) is 3.41. The molecular formula is C41H37N3OPtS. The van der Waals surface area contributed by atoms with E-state index < -0.39 is 0 Å². The molecule has 0 aliphatic rings. The molecule has 3 aromatic heterocycles. The van der Waals surface area contributed by atoms with E-state index in [1.165, 1.54) is 32.0 Å². The van der Waals surface area contributed by atoms with Crippen LogP contribution in [0.1, 0.15) is 58.4 Å². The topological polar surface area (TPSA) is 47.9 Å². The predicted molar refractivity (Wildman–Crippen MR) is 192 cm³/mol. The minimum absolute atomic E-state index is 0. The van der Waals surface area contributed by atoms with Crippen molar-refractivity contribution in [3.63, 3.8) is 0 Å². The van der Waals surface area contributed by atoms with E-state index in [4.69, 9.17) is 9.84 Å². The molecule has 7 rings (SSSR count). The third-order valence-corrected chi connectivity index (χ3v) is 9.51. The molecule has 0 N–H and O–H groups in total. The van der Waals surface area contributed by atoms with Crippen LogP contribution in [0, 0.1) is 24.5 Å². The van der Waals surface area contributed by atoms with Crippen LogP contribution >= 0.6 is 11.3 Å². The zero-order chi connectivity index (χ0) is 32.2. The van der Waals surface area contributed by atoms with Gasteiger partial charge in [-0.2, -0.15) is 10.2 Å². The third kappa shape index (κ3) is 6.75. The van der Waals surface area contributed by atoms with E-state index in [0.29, 0.717) is 11.5 Å². The second kappa shape index (κ2) is 12.6. The number of thiophene rings is 1. The molecule has 3 heterocycles. The van der Waals surface area contributed by atoms with Gasteiger partial charge in [-0.1, -0.05) is 90.1 Å². The van der Waals surface area contributed by atoms with Crippen molar-refractivity contribution < 1.29 is 25.8 Å². The normalized spacial score (nSPS) is 12.1. The summed E-state index contributed by atoms with van der Waals surface area (Å²) in [7, 11) is 0. The van der Waals surface area contributed by atoms with Gasteiger partial charge in [0.15, 0.2) is 0 Å². The van der Waals surface area contributed by atoms with E-state index in [1.54, 1.807) is 11.3 Å². The number of nitrogens with zero attached hydrogens (tertiary/aromatic N) is 3. The first-order valence-corrected chi connectivity index (χ1v) is 16.6. The fourth-order valence-electron chi connectivity index (χ4n) is 6.04. The number of rotatable bonds is 5. The number of aromatic nitrogens is 3. The quantitative estimate of drug-likeness (QED) is 0.162. The van der Waals surface area contributed by atoms with Crippen molar-refractivity contribution in [3.8, 4) is 34.0 Å². The zero-order valence-corrected chi connectivity index (χ0v) is 30.9. The van der Waals surface area contributed by atoms with Crippen molar-refractivity contribution in [2.45, 2.75) is 60.3 Å². The number of hydrogen-bond donors (Lipinski definition) is 0. The summed E-state index contributed by atoms with van der Waals surface area (Å²) >= 11 is 1.78. The van der Waals surface area contributed by atoms with Gasteiger partial charge in [0, 0.05) is 43.6 Å². The minimum atomic E-state index is 0. The Morgan fingerprint density at radius 2 is 1.45 bits per heavy atom. The van der Waals surface area contributed by atoms with Gasteiger partial charge >= 0.3 is 21.1 Å². The molecule has 0 amide bonds. The van der Waals surface area contributed by atoms with E-state index in [1.807, 2.05) is 49.5 Å². The van der Waals surface area contributed by atoms with Gasteiger partial charge in [0.2, 0.25) is 0 Å². The van der Waals surface area contributed by atoms with Gasteiger partial charge < -0.3 is 9.72 Å². The van der Waals surface area contributed by atoms with Crippen LogP contribution in [-0.4, -0.2) is 15.2 Å². The smallest absolute Gasteiger partial charge is 0.497 e. The molecule has 0 saturated heterocycles. The molecular weight excluding hydrogens is 778 g/mol. The van der Waals surface area contributed by atoms with Crippen LogP contribution in [0.15, 0.2) is 85.1 Å². The van der Waals surface area contributed by atoms with Gasteiger partial charge in [-0.15, -0.1) is 58.9 Å². The fourth-order valence-corrected chi connectivity index (χ4v) is 7.43. The Morgan fingerprint density at radius 1 is 0.745 bits per heavy atom. The second-order valence-corrected chi connectivity index (χ2v) is 15.3. The molecule has 0 bridgehead atoms. The first kappa shape index (κ1) is 33.0. The summed E-state index contributed by atoms with van der Waals surface area (Å²) in [6.07, 6.45) is 2.90. The summed E-state index contributed by atoms with van der Waals surface area (Å²) in [5, 5.41) is 14.2. The first-order valence-electron chi connectivity index (χ1n) is 15.7. The van der Waals surface area contributed by atoms with Gasteiger partial charge in [0.1, 0.15) is 0 Å². The molecule has 47 heavy (non-hydrogen) atoms. The molecule has 0 radical (unpaired) electrons. The van der Waals surface area contributed by atoms with E-state index in [-0.39, 0.29) is 31.9 Å². The second-order valence-electron chi connectivity index (χ2n) is 14.3. The van der Waals surface area contributed by atoms with Gasteiger partial charge in [0.05, 0.1) is 5.69 Å². The van der Waals surface area contributed by atoms with Crippen molar-refractivity contribution in [1.82, 2.24) is 15.2 Å². The van der Waals surface area contributed by atoms with E-state index in [0.717, 1.165) is 44.7 Å². The predicted octanol–water partition coefficient (Wildman–Crippen LogP) is 11.3. The average molecular weight is 815 g/mol. The summed E-state index contributed by atoms with van der Waals surface area (Å²) < 4.78 is 8.69. The van der Waals surface area contributed by atoms with Crippen molar-refractivity contribution in [1.29, 1.82) is 0 Å². The molecule has 238 valence electrons. The summed E-state index contributed by atoms with van der Waals surface area (Å²) in [6.45, 7) is 15.5. The van der Waals surface area contributed by atoms with Gasteiger partial charge in [-0.05, 0) is 57.8 Å². The van der Waals surface area contributed by atoms with Crippen molar-refractivity contribution in [2.75, 3.05) is 0 Å². The number of fused-ring (bicyclic) bond motifs is 5. The number of aryl methyl sites for hydroxylation is 1. The molecule has 0 atom stereocenters. The van der Waals surface area contributed by atoms with Gasteiger partial charge in [0.25, 0.3) is 0 Å². The molecule has 0 saturated carbocycles. The maximum atomic E-state index is 6.31. The summed E-state index contributed by atoms with van der Waals surface area (Å²) in [5.74, 6) is 1.20. The van der Waals surface area contributed by atoms with Gasteiger partial charge in [-0.25, -0.2) is 0 Å². The largest absolute Gasteiger partial charge is 2.00 e. The summed E-state index contributed by atoms with van der Waals surface area (Å²) in [6, 6.07) is 34.3. The molecule has 0 aliphatic carbocycles. The minimum Gasteiger partial charge on any atom is -0.497 e.